The quantitative estimate of drug-likeness (QED) is 0.681. The van der Waals surface area contributed by atoms with Crippen molar-refractivity contribution >= 4 is 21.6 Å². The molecule has 4 rings (SSSR count). The Morgan fingerprint density at radius 2 is 1.58 bits per heavy atom. The van der Waals surface area contributed by atoms with Crippen LogP contribution in [0.25, 0.3) is 22.9 Å². The minimum atomic E-state index is 0.509. The maximum atomic E-state index is 5.84. The Hall–Kier alpha value is -2.18. The normalized spacial score (nSPS) is 14.8. The van der Waals surface area contributed by atoms with Gasteiger partial charge in [0.15, 0.2) is 0 Å². The first kappa shape index (κ1) is 15.4. The van der Waals surface area contributed by atoms with Crippen LogP contribution in [0.15, 0.2) is 57.4 Å². The summed E-state index contributed by atoms with van der Waals surface area (Å²) in [6.45, 7) is 3.40. The van der Waals surface area contributed by atoms with Crippen molar-refractivity contribution in [3.8, 4) is 22.9 Å². The number of morpholine rings is 1. The van der Waals surface area contributed by atoms with E-state index in [1.807, 2.05) is 36.4 Å². The molecule has 0 N–H and O–H groups in total. The van der Waals surface area contributed by atoms with Gasteiger partial charge in [-0.15, -0.1) is 10.2 Å². The summed E-state index contributed by atoms with van der Waals surface area (Å²) in [4.78, 5) is 2.31. The Kier molecular flexibility index (Phi) is 4.32. The molecule has 0 spiro atoms. The fourth-order valence-corrected chi connectivity index (χ4v) is 3.17. The van der Waals surface area contributed by atoms with Crippen LogP contribution < -0.4 is 4.90 Å². The van der Waals surface area contributed by atoms with Crippen LogP contribution >= 0.6 is 15.9 Å². The van der Waals surface area contributed by atoms with E-state index >= 15 is 0 Å². The van der Waals surface area contributed by atoms with Gasteiger partial charge in [0.2, 0.25) is 11.8 Å². The summed E-state index contributed by atoms with van der Waals surface area (Å²) in [7, 11) is 0. The van der Waals surface area contributed by atoms with Gasteiger partial charge in [0, 0.05) is 28.8 Å². The third kappa shape index (κ3) is 3.07. The lowest BCUT2D eigenvalue weighted by Crippen LogP contribution is -2.36. The van der Waals surface area contributed by atoms with Crippen LogP contribution in [0.1, 0.15) is 0 Å². The second kappa shape index (κ2) is 6.75. The monoisotopic (exact) mass is 385 g/mol. The van der Waals surface area contributed by atoms with Crippen molar-refractivity contribution in [3.05, 3.63) is 53.0 Å². The predicted molar refractivity (Wildman–Crippen MR) is 95.9 cm³/mol. The molecule has 0 atom stereocenters. The molecule has 1 aliphatic rings. The highest BCUT2D eigenvalue weighted by Crippen LogP contribution is 2.30. The zero-order chi connectivity index (χ0) is 16.4. The van der Waals surface area contributed by atoms with Crippen molar-refractivity contribution in [1.29, 1.82) is 0 Å². The Bertz CT molecular complexity index is 826. The summed E-state index contributed by atoms with van der Waals surface area (Å²) in [6.07, 6.45) is 0. The SMILES string of the molecule is Brc1ccccc1-c1nnc(-c2ccc(N3CCOCC3)cc2)o1. The molecule has 3 aromatic rings. The molecule has 1 aromatic heterocycles. The topological polar surface area (TPSA) is 51.4 Å². The molecular weight excluding hydrogens is 370 g/mol. The van der Waals surface area contributed by atoms with Gasteiger partial charge >= 0.3 is 0 Å². The van der Waals surface area contributed by atoms with Crippen LogP contribution in [0.3, 0.4) is 0 Å². The Balaban J connectivity index is 1.57. The van der Waals surface area contributed by atoms with E-state index < -0.39 is 0 Å². The smallest absolute Gasteiger partial charge is 0.249 e. The predicted octanol–water partition coefficient (Wildman–Crippen LogP) is 4.00. The van der Waals surface area contributed by atoms with Gasteiger partial charge in [-0.25, -0.2) is 0 Å². The minimum Gasteiger partial charge on any atom is -0.416 e. The molecule has 1 saturated heterocycles. The van der Waals surface area contributed by atoms with E-state index in [1.165, 1.54) is 5.69 Å². The first-order valence-electron chi connectivity index (χ1n) is 7.83. The van der Waals surface area contributed by atoms with Gasteiger partial charge in [0.1, 0.15) is 0 Å². The number of hydrogen-bond donors (Lipinski definition) is 0. The van der Waals surface area contributed by atoms with Gasteiger partial charge in [-0.05, 0) is 52.3 Å². The summed E-state index contributed by atoms with van der Waals surface area (Å²) < 4.78 is 12.2. The first-order chi connectivity index (χ1) is 11.8. The van der Waals surface area contributed by atoms with Gasteiger partial charge in [-0.1, -0.05) is 12.1 Å². The van der Waals surface area contributed by atoms with Crippen LogP contribution in [-0.2, 0) is 4.74 Å². The third-order valence-electron chi connectivity index (χ3n) is 4.02. The number of rotatable bonds is 3. The summed E-state index contributed by atoms with van der Waals surface area (Å²) in [6, 6.07) is 16.0. The van der Waals surface area contributed by atoms with E-state index in [9.17, 15) is 0 Å². The molecule has 0 saturated carbocycles. The standard InChI is InChI=1S/C18H16BrN3O2/c19-16-4-2-1-3-15(16)18-21-20-17(24-18)13-5-7-14(8-6-13)22-9-11-23-12-10-22/h1-8H,9-12H2. The van der Waals surface area contributed by atoms with E-state index in [2.05, 4.69) is 43.2 Å². The largest absolute Gasteiger partial charge is 0.416 e. The molecule has 5 nitrogen and oxygen atoms in total. The molecule has 0 unspecified atom stereocenters. The molecule has 0 bridgehead atoms. The summed E-state index contributed by atoms with van der Waals surface area (Å²) in [5.74, 6) is 1.03. The van der Waals surface area contributed by atoms with Gasteiger partial charge in [-0.2, -0.15) is 0 Å². The van der Waals surface area contributed by atoms with Gasteiger partial charge in [-0.3, -0.25) is 0 Å². The molecule has 24 heavy (non-hydrogen) atoms. The zero-order valence-electron chi connectivity index (χ0n) is 13.0. The van der Waals surface area contributed by atoms with Gasteiger partial charge in [0.25, 0.3) is 0 Å². The molecule has 0 radical (unpaired) electrons. The molecule has 0 aliphatic carbocycles. The van der Waals surface area contributed by atoms with Crippen molar-refractivity contribution < 1.29 is 9.15 Å². The van der Waals surface area contributed by atoms with Crippen LogP contribution in [0.2, 0.25) is 0 Å². The first-order valence-corrected chi connectivity index (χ1v) is 8.62. The Morgan fingerprint density at radius 3 is 2.33 bits per heavy atom. The van der Waals surface area contributed by atoms with Crippen molar-refractivity contribution in [3.63, 3.8) is 0 Å². The van der Waals surface area contributed by atoms with Crippen LogP contribution in [0.5, 0.6) is 0 Å². The summed E-state index contributed by atoms with van der Waals surface area (Å²) in [5.41, 5.74) is 2.99. The van der Waals surface area contributed by atoms with Crippen LogP contribution in [0.4, 0.5) is 5.69 Å². The lowest BCUT2D eigenvalue weighted by atomic mass is 10.2. The molecule has 2 heterocycles. The average molecular weight is 386 g/mol. The molecule has 2 aromatic carbocycles. The van der Waals surface area contributed by atoms with Crippen LogP contribution in [-0.4, -0.2) is 36.5 Å². The van der Waals surface area contributed by atoms with E-state index in [-0.39, 0.29) is 0 Å². The fraction of sp³-hybridized carbons (Fsp3) is 0.222. The number of aromatic nitrogens is 2. The van der Waals surface area contributed by atoms with E-state index in [0.29, 0.717) is 11.8 Å². The van der Waals surface area contributed by atoms with Crippen molar-refractivity contribution in [2.45, 2.75) is 0 Å². The highest BCUT2D eigenvalue weighted by Gasteiger charge is 2.14. The van der Waals surface area contributed by atoms with Gasteiger partial charge in [0.05, 0.1) is 18.8 Å². The number of benzene rings is 2. The second-order valence-electron chi connectivity index (χ2n) is 5.54. The average Bonchev–Trinajstić information content (AvgIpc) is 3.13. The second-order valence-corrected chi connectivity index (χ2v) is 6.39. The third-order valence-corrected chi connectivity index (χ3v) is 4.71. The molecule has 122 valence electrons. The fourth-order valence-electron chi connectivity index (χ4n) is 2.72. The number of nitrogens with zero attached hydrogens (tertiary/aromatic N) is 3. The number of ether oxygens (including phenoxy) is 1. The Morgan fingerprint density at radius 1 is 0.875 bits per heavy atom. The number of anilines is 1. The van der Waals surface area contributed by atoms with E-state index in [4.69, 9.17) is 9.15 Å². The summed E-state index contributed by atoms with van der Waals surface area (Å²) in [5, 5.41) is 8.34. The van der Waals surface area contributed by atoms with Crippen LogP contribution in [0, 0.1) is 0 Å². The highest BCUT2D eigenvalue weighted by atomic mass is 79.9. The van der Waals surface area contributed by atoms with E-state index in [1.54, 1.807) is 0 Å². The maximum Gasteiger partial charge on any atom is 0.249 e. The highest BCUT2D eigenvalue weighted by molar-refractivity contribution is 9.10. The Labute approximate surface area is 148 Å². The lowest BCUT2D eigenvalue weighted by molar-refractivity contribution is 0.122. The maximum absolute atomic E-state index is 5.84. The number of halogens is 1. The summed E-state index contributed by atoms with van der Waals surface area (Å²) >= 11 is 3.51. The van der Waals surface area contributed by atoms with E-state index in [0.717, 1.165) is 41.9 Å². The lowest BCUT2D eigenvalue weighted by Gasteiger charge is -2.28. The van der Waals surface area contributed by atoms with Gasteiger partial charge < -0.3 is 14.1 Å². The molecule has 0 amide bonds. The minimum absolute atomic E-state index is 0.509. The zero-order valence-corrected chi connectivity index (χ0v) is 14.6. The molecule has 6 heteroatoms. The molecular formula is C18H16BrN3O2. The van der Waals surface area contributed by atoms with Crippen molar-refractivity contribution in [2.75, 3.05) is 31.2 Å². The van der Waals surface area contributed by atoms with Crippen molar-refractivity contribution in [2.24, 2.45) is 0 Å². The molecule has 1 fully saturated rings. The number of hydrogen-bond acceptors (Lipinski definition) is 5. The van der Waals surface area contributed by atoms with Crippen molar-refractivity contribution in [1.82, 2.24) is 10.2 Å². The molecule has 1 aliphatic heterocycles.